The van der Waals surface area contributed by atoms with E-state index >= 15 is 0 Å². The zero-order valence-corrected chi connectivity index (χ0v) is 7.85. The van der Waals surface area contributed by atoms with Crippen molar-refractivity contribution in [2.75, 3.05) is 13.1 Å². The minimum Gasteiger partial charge on any atom is -0.410 e. The van der Waals surface area contributed by atoms with Gasteiger partial charge in [0, 0.05) is 25.5 Å². The normalized spacial score (nSPS) is 15.6. The fourth-order valence-electron chi connectivity index (χ4n) is 1.47. The Hall–Kier alpha value is -1.58. The Morgan fingerprint density at radius 3 is 2.57 bits per heavy atom. The van der Waals surface area contributed by atoms with Crippen molar-refractivity contribution in [3.8, 4) is 5.75 Å². The number of rotatable bonds is 1. The molecule has 1 aliphatic heterocycles. The van der Waals surface area contributed by atoms with Crippen LogP contribution in [-0.2, 0) is 0 Å². The fraction of sp³-hybridized carbons (Fsp3) is 0.400. The molecule has 0 aromatic carbocycles. The van der Waals surface area contributed by atoms with Crippen LogP contribution in [0.5, 0.6) is 5.75 Å². The van der Waals surface area contributed by atoms with Gasteiger partial charge in [0.1, 0.15) is 5.75 Å². The first kappa shape index (κ1) is 8.99. The van der Waals surface area contributed by atoms with Crippen LogP contribution in [0.25, 0.3) is 0 Å². The number of aromatic nitrogens is 1. The molecule has 2 rings (SSSR count). The van der Waals surface area contributed by atoms with Crippen LogP contribution in [0.2, 0.25) is 0 Å². The summed E-state index contributed by atoms with van der Waals surface area (Å²) in [6, 6.07) is 3.35. The van der Waals surface area contributed by atoms with E-state index in [1.807, 2.05) is 0 Å². The van der Waals surface area contributed by atoms with Gasteiger partial charge in [-0.2, -0.15) is 0 Å². The molecule has 0 N–H and O–H groups in total. The monoisotopic (exact) mass is 192 g/mol. The third-order valence-electron chi connectivity index (χ3n) is 2.22. The Labute approximate surface area is 82.5 Å². The van der Waals surface area contributed by atoms with Crippen LogP contribution in [0.15, 0.2) is 24.5 Å². The van der Waals surface area contributed by atoms with Gasteiger partial charge in [-0.25, -0.2) is 4.79 Å². The lowest BCUT2D eigenvalue weighted by Gasteiger charge is -2.14. The van der Waals surface area contributed by atoms with Crippen molar-refractivity contribution in [2.45, 2.75) is 12.8 Å². The molecule has 0 bridgehead atoms. The highest BCUT2D eigenvalue weighted by atomic mass is 16.6. The Bertz CT molecular complexity index is 307. The van der Waals surface area contributed by atoms with E-state index in [9.17, 15) is 4.79 Å². The van der Waals surface area contributed by atoms with Gasteiger partial charge in [0.2, 0.25) is 0 Å². The maximum Gasteiger partial charge on any atom is 0.415 e. The molecule has 0 aliphatic carbocycles. The van der Waals surface area contributed by atoms with Gasteiger partial charge in [0.05, 0.1) is 0 Å². The molecule has 0 unspecified atom stereocenters. The molecule has 1 amide bonds. The first-order valence-electron chi connectivity index (χ1n) is 4.73. The van der Waals surface area contributed by atoms with Crippen molar-refractivity contribution in [3.63, 3.8) is 0 Å². The Morgan fingerprint density at radius 1 is 1.29 bits per heavy atom. The molecule has 1 saturated heterocycles. The van der Waals surface area contributed by atoms with Gasteiger partial charge in [-0.3, -0.25) is 4.98 Å². The second kappa shape index (κ2) is 4.09. The van der Waals surface area contributed by atoms with Crippen molar-refractivity contribution < 1.29 is 9.53 Å². The molecule has 74 valence electrons. The summed E-state index contributed by atoms with van der Waals surface area (Å²) in [6.07, 6.45) is 5.10. The number of pyridine rings is 1. The van der Waals surface area contributed by atoms with E-state index in [1.165, 1.54) is 0 Å². The molecule has 1 aromatic rings. The van der Waals surface area contributed by atoms with Gasteiger partial charge >= 0.3 is 6.09 Å². The highest BCUT2D eigenvalue weighted by Gasteiger charge is 2.19. The fourth-order valence-corrected chi connectivity index (χ4v) is 1.47. The highest BCUT2D eigenvalue weighted by Crippen LogP contribution is 2.12. The lowest BCUT2D eigenvalue weighted by Crippen LogP contribution is -2.30. The van der Waals surface area contributed by atoms with Crippen molar-refractivity contribution in [1.29, 1.82) is 0 Å². The Morgan fingerprint density at radius 2 is 1.93 bits per heavy atom. The standard InChI is InChI=1S/C10H12N2O2/c13-10(12-7-1-2-8-12)14-9-3-5-11-6-4-9/h3-6H,1-2,7-8H2. The molecular weight excluding hydrogens is 180 g/mol. The molecule has 0 radical (unpaired) electrons. The average Bonchev–Trinajstić information content (AvgIpc) is 2.72. The van der Waals surface area contributed by atoms with E-state index in [0.717, 1.165) is 25.9 Å². The maximum absolute atomic E-state index is 11.5. The minimum atomic E-state index is -0.256. The van der Waals surface area contributed by atoms with Gasteiger partial charge in [0.15, 0.2) is 0 Å². The maximum atomic E-state index is 11.5. The van der Waals surface area contributed by atoms with E-state index < -0.39 is 0 Å². The lowest BCUT2D eigenvalue weighted by atomic mass is 10.4. The van der Waals surface area contributed by atoms with Gasteiger partial charge in [-0.05, 0) is 25.0 Å². The van der Waals surface area contributed by atoms with Crippen LogP contribution in [-0.4, -0.2) is 29.1 Å². The quantitative estimate of drug-likeness (QED) is 0.679. The highest BCUT2D eigenvalue weighted by molar-refractivity contribution is 5.70. The minimum absolute atomic E-state index is 0.256. The van der Waals surface area contributed by atoms with Crippen LogP contribution in [0.1, 0.15) is 12.8 Å². The van der Waals surface area contributed by atoms with Crippen molar-refractivity contribution >= 4 is 6.09 Å². The van der Waals surface area contributed by atoms with Gasteiger partial charge in [-0.1, -0.05) is 0 Å². The van der Waals surface area contributed by atoms with E-state index in [0.29, 0.717) is 5.75 Å². The molecule has 4 heteroatoms. The van der Waals surface area contributed by atoms with Crippen molar-refractivity contribution in [3.05, 3.63) is 24.5 Å². The Kier molecular flexibility index (Phi) is 2.62. The summed E-state index contributed by atoms with van der Waals surface area (Å²) in [4.78, 5) is 17.1. The molecule has 0 atom stereocenters. The largest absolute Gasteiger partial charge is 0.415 e. The van der Waals surface area contributed by atoms with Crippen LogP contribution in [0.4, 0.5) is 4.79 Å². The molecule has 1 fully saturated rings. The summed E-state index contributed by atoms with van der Waals surface area (Å²) in [5.41, 5.74) is 0. The number of carbonyl (C=O) groups excluding carboxylic acids is 1. The van der Waals surface area contributed by atoms with Crippen LogP contribution in [0.3, 0.4) is 0 Å². The molecule has 0 spiro atoms. The zero-order valence-electron chi connectivity index (χ0n) is 7.85. The number of hydrogen-bond donors (Lipinski definition) is 0. The first-order chi connectivity index (χ1) is 6.86. The zero-order chi connectivity index (χ0) is 9.80. The summed E-state index contributed by atoms with van der Waals surface area (Å²) in [7, 11) is 0. The smallest absolute Gasteiger partial charge is 0.410 e. The second-order valence-corrected chi connectivity index (χ2v) is 3.25. The van der Waals surface area contributed by atoms with Crippen molar-refractivity contribution in [1.82, 2.24) is 9.88 Å². The number of hydrogen-bond acceptors (Lipinski definition) is 3. The number of ether oxygens (including phenoxy) is 1. The lowest BCUT2D eigenvalue weighted by molar-refractivity contribution is 0.162. The van der Waals surface area contributed by atoms with Crippen LogP contribution < -0.4 is 4.74 Å². The first-order valence-corrected chi connectivity index (χ1v) is 4.73. The number of nitrogens with zero attached hydrogens (tertiary/aromatic N) is 2. The van der Waals surface area contributed by atoms with Crippen LogP contribution in [0, 0.1) is 0 Å². The van der Waals surface area contributed by atoms with E-state index in [1.54, 1.807) is 29.4 Å². The molecule has 2 heterocycles. The summed E-state index contributed by atoms with van der Waals surface area (Å²) in [5, 5.41) is 0. The number of likely N-dealkylation sites (tertiary alicyclic amines) is 1. The SMILES string of the molecule is O=C(Oc1ccncc1)N1CCCC1. The summed E-state index contributed by atoms with van der Waals surface area (Å²) in [6.45, 7) is 1.62. The molecule has 14 heavy (non-hydrogen) atoms. The molecule has 1 aromatic heterocycles. The summed E-state index contributed by atoms with van der Waals surface area (Å²) in [5.74, 6) is 0.553. The molecule has 0 saturated carbocycles. The summed E-state index contributed by atoms with van der Waals surface area (Å²) < 4.78 is 5.15. The van der Waals surface area contributed by atoms with E-state index in [2.05, 4.69) is 4.98 Å². The van der Waals surface area contributed by atoms with Gasteiger partial charge in [-0.15, -0.1) is 0 Å². The van der Waals surface area contributed by atoms with Gasteiger partial charge < -0.3 is 9.64 Å². The number of amides is 1. The van der Waals surface area contributed by atoms with Crippen molar-refractivity contribution in [2.24, 2.45) is 0 Å². The third-order valence-corrected chi connectivity index (χ3v) is 2.22. The third kappa shape index (κ3) is 2.02. The molecule has 4 nitrogen and oxygen atoms in total. The second-order valence-electron chi connectivity index (χ2n) is 3.25. The van der Waals surface area contributed by atoms with Crippen LogP contribution >= 0.6 is 0 Å². The molecule has 1 aliphatic rings. The predicted octanol–water partition coefficient (Wildman–Crippen LogP) is 1.68. The topological polar surface area (TPSA) is 42.4 Å². The average molecular weight is 192 g/mol. The van der Waals surface area contributed by atoms with E-state index in [-0.39, 0.29) is 6.09 Å². The van der Waals surface area contributed by atoms with E-state index in [4.69, 9.17) is 4.74 Å². The number of carbonyl (C=O) groups is 1. The molecular formula is C10H12N2O2. The predicted molar refractivity (Wildman–Crippen MR) is 51.1 cm³/mol. The summed E-state index contributed by atoms with van der Waals surface area (Å²) >= 11 is 0. The Balaban J connectivity index is 1.94. The van der Waals surface area contributed by atoms with Gasteiger partial charge in [0.25, 0.3) is 0 Å².